The van der Waals surface area contributed by atoms with Crippen molar-refractivity contribution in [2.24, 2.45) is 11.8 Å². The fourth-order valence-electron chi connectivity index (χ4n) is 4.43. The van der Waals surface area contributed by atoms with Gasteiger partial charge in [0, 0.05) is 24.7 Å². The zero-order chi connectivity index (χ0) is 11.9. The van der Waals surface area contributed by atoms with Gasteiger partial charge < -0.3 is 10.4 Å². The second kappa shape index (κ2) is 4.52. The van der Waals surface area contributed by atoms with Crippen molar-refractivity contribution >= 4 is 0 Å². The summed E-state index contributed by atoms with van der Waals surface area (Å²) in [5, 5.41) is 12.9. The summed E-state index contributed by atoms with van der Waals surface area (Å²) in [4.78, 5) is 2.73. The maximum Gasteiger partial charge on any atom is 0.0613 e. The van der Waals surface area contributed by atoms with Crippen LogP contribution >= 0.6 is 0 Å². The molecule has 1 saturated heterocycles. The van der Waals surface area contributed by atoms with Crippen LogP contribution in [0.5, 0.6) is 0 Å². The number of hydrogen-bond acceptors (Lipinski definition) is 3. The summed E-state index contributed by atoms with van der Waals surface area (Å²) >= 11 is 0. The molecule has 2 N–H and O–H groups in total. The third-order valence-electron chi connectivity index (χ3n) is 5.69. The Hall–Kier alpha value is -0.120. The lowest BCUT2D eigenvalue weighted by Gasteiger charge is -2.29. The van der Waals surface area contributed by atoms with Gasteiger partial charge in [-0.15, -0.1) is 0 Å². The SMILES string of the molecule is CNC1(CO)CCC(N2CC3CCCC3C2)C1. The van der Waals surface area contributed by atoms with Gasteiger partial charge in [0.2, 0.25) is 0 Å². The summed E-state index contributed by atoms with van der Waals surface area (Å²) in [7, 11) is 2.00. The number of aliphatic hydroxyl groups excluding tert-OH is 1. The molecule has 3 aliphatic rings. The topological polar surface area (TPSA) is 35.5 Å². The molecular weight excluding hydrogens is 212 g/mol. The largest absolute Gasteiger partial charge is 0.394 e. The molecule has 0 aromatic carbocycles. The van der Waals surface area contributed by atoms with Crippen LogP contribution in [0.3, 0.4) is 0 Å². The van der Waals surface area contributed by atoms with Gasteiger partial charge in [-0.25, -0.2) is 0 Å². The van der Waals surface area contributed by atoms with Gasteiger partial charge in [-0.1, -0.05) is 6.42 Å². The lowest BCUT2D eigenvalue weighted by atomic mass is 9.99. The highest BCUT2D eigenvalue weighted by Crippen LogP contribution is 2.42. The number of nitrogens with one attached hydrogen (secondary N) is 1. The molecule has 0 bridgehead atoms. The van der Waals surface area contributed by atoms with E-state index in [1.54, 1.807) is 0 Å². The first-order valence-electron chi connectivity index (χ1n) is 7.30. The zero-order valence-corrected chi connectivity index (χ0v) is 11.0. The quantitative estimate of drug-likeness (QED) is 0.776. The molecule has 2 aliphatic carbocycles. The Bertz CT molecular complexity index is 265. The van der Waals surface area contributed by atoms with E-state index < -0.39 is 0 Å². The number of nitrogens with zero attached hydrogens (tertiary/aromatic N) is 1. The minimum absolute atomic E-state index is 0.0162. The van der Waals surface area contributed by atoms with Gasteiger partial charge in [0.05, 0.1) is 6.61 Å². The van der Waals surface area contributed by atoms with E-state index in [0.29, 0.717) is 6.61 Å². The van der Waals surface area contributed by atoms with E-state index in [4.69, 9.17) is 0 Å². The monoisotopic (exact) mass is 238 g/mol. The number of fused-ring (bicyclic) bond motifs is 1. The number of hydrogen-bond donors (Lipinski definition) is 2. The molecule has 0 aromatic rings. The minimum atomic E-state index is 0.0162. The molecule has 17 heavy (non-hydrogen) atoms. The van der Waals surface area contributed by atoms with Gasteiger partial charge in [-0.3, -0.25) is 4.90 Å². The number of likely N-dealkylation sites (N-methyl/N-ethyl adjacent to an activating group) is 1. The van der Waals surface area contributed by atoms with Crippen molar-refractivity contribution in [1.29, 1.82) is 0 Å². The van der Waals surface area contributed by atoms with E-state index >= 15 is 0 Å². The van der Waals surface area contributed by atoms with Crippen molar-refractivity contribution in [2.45, 2.75) is 50.1 Å². The predicted octanol–water partition coefficient (Wildman–Crippen LogP) is 1.22. The molecule has 0 radical (unpaired) electrons. The smallest absolute Gasteiger partial charge is 0.0613 e. The summed E-state index contributed by atoms with van der Waals surface area (Å²) in [5.74, 6) is 1.99. The Kier molecular flexibility index (Phi) is 3.18. The molecule has 3 fully saturated rings. The van der Waals surface area contributed by atoms with Crippen LogP contribution in [-0.4, -0.2) is 48.3 Å². The van der Waals surface area contributed by atoms with E-state index in [1.807, 2.05) is 7.05 Å². The minimum Gasteiger partial charge on any atom is -0.394 e. The maximum absolute atomic E-state index is 9.56. The highest BCUT2D eigenvalue weighted by Gasteiger charge is 2.44. The van der Waals surface area contributed by atoms with E-state index in [0.717, 1.165) is 30.7 Å². The molecule has 98 valence electrons. The molecule has 3 nitrogen and oxygen atoms in total. The van der Waals surface area contributed by atoms with E-state index in [9.17, 15) is 5.11 Å². The Balaban J connectivity index is 1.60. The highest BCUT2D eigenvalue weighted by molar-refractivity contribution is 5.01. The van der Waals surface area contributed by atoms with Crippen molar-refractivity contribution in [2.75, 3.05) is 26.7 Å². The van der Waals surface area contributed by atoms with Crippen LogP contribution in [0.15, 0.2) is 0 Å². The maximum atomic E-state index is 9.56. The van der Waals surface area contributed by atoms with E-state index in [-0.39, 0.29) is 5.54 Å². The Morgan fingerprint density at radius 1 is 1.24 bits per heavy atom. The fourth-order valence-corrected chi connectivity index (χ4v) is 4.43. The third kappa shape index (κ3) is 2.02. The van der Waals surface area contributed by atoms with Crippen molar-refractivity contribution in [1.82, 2.24) is 10.2 Å². The molecule has 1 aliphatic heterocycles. The fraction of sp³-hybridized carbons (Fsp3) is 1.00. The predicted molar refractivity (Wildman–Crippen MR) is 68.9 cm³/mol. The second-order valence-corrected chi connectivity index (χ2v) is 6.49. The summed E-state index contributed by atoms with van der Waals surface area (Å²) in [6, 6.07) is 0.722. The van der Waals surface area contributed by atoms with Gasteiger partial charge in [-0.2, -0.15) is 0 Å². The first-order valence-corrected chi connectivity index (χ1v) is 7.30. The van der Waals surface area contributed by atoms with Crippen LogP contribution in [0.4, 0.5) is 0 Å². The summed E-state index contributed by atoms with van der Waals surface area (Å²) in [5.41, 5.74) is 0.0162. The molecular formula is C14H26N2O. The van der Waals surface area contributed by atoms with E-state index in [2.05, 4.69) is 10.2 Å². The van der Waals surface area contributed by atoms with Gasteiger partial charge in [-0.05, 0) is 51.0 Å². The van der Waals surface area contributed by atoms with Crippen LogP contribution in [0.1, 0.15) is 38.5 Å². The van der Waals surface area contributed by atoms with Crippen molar-refractivity contribution in [3.05, 3.63) is 0 Å². The van der Waals surface area contributed by atoms with Crippen LogP contribution in [0.25, 0.3) is 0 Å². The molecule has 3 rings (SSSR count). The van der Waals surface area contributed by atoms with Crippen molar-refractivity contribution in [3.63, 3.8) is 0 Å². The molecule has 2 saturated carbocycles. The molecule has 0 spiro atoms. The molecule has 4 atom stereocenters. The molecule has 3 heteroatoms. The second-order valence-electron chi connectivity index (χ2n) is 6.49. The number of rotatable bonds is 3. The lowest BCUT2D eigenvalue weighted by Crippen LogP contribution is -2.46. The average molecular weight is 238 g/mol. The van der Waals surface area contributed by atoms with Crippen LogP contribution in [0.2, 0.25) is 0 Å². The summed E-state index contributed by atoms with van der Waals surface area (Å²) in [6.07, 6.45) is 7.93. The lowest BCUT2D eigenvalue weighted by molar-refractivity contribution is 0.154. The van der Waals surface area contributed by atoms with Gasteiger partial charge in [0.25, 0.3) is 0 Å². The normalized spacial score (nSPS) is 46.6. The Morgan fingerprint density at radius 3 is 2.47 bits per heavy atom. The average Bonchev–Trinajstić information content (AvgIpc) is 3.02. The summed E-state index contributed by atoms with van der Waals surface area (Å²) in [6.45, 7) is 2.96. The molecule has 1 heterocycles. The summed E-state index contributed by atoms with van der Waals surface area (Å²) < 4.78 is 0. The van der Waals surface area contributed by atoms with Crippen LogP contribution in [-0.2, 0) is 0 Å². The zero-order valence-electron chi connectivity index (χ0n) is 11.0. The van der Waals surface area contributed by atoms with Crippen LogP contribution in [0, 0.1) is 11.8 Å². The van der Waals surface area contributed by atoms with Crippen LogP contribution < -0.4 is 5.32 Å². The van der Waals surface area contributed by atoms with Crippen molar-refractivity contribution < 1.29 is 5.11 Å². The Morgan fingerprint density at radius 2 is 1.94 bits per heavy atom. The first-order chi connectivity index (χ1) is 8.26. The molecule has 0 amide bonds. The first kappa shape index (κ1) is 11.9. The van der Waals surface area contributed by atoms with Gasteiger partial charge in [0.15, 0.2) is 0 Å². The van der Waals surface area contributed by atoms with E-state index in [1.165, 1.54) is 38.8 Å². The molecule has 4 unspecified atom stereocenters. The number of aliphatic hydroxyl groups is 1. The van der Waals surface area contributed by atoms with Crippen molar-refractivity contribution in [3.8, 4) is 0 Å². The van der Waals surface area contributed by atoms with Gasteiger partial charge >= 0.3 is 0 Å². The number of likely N-dealkylation sites (tertiary alicyclic amines) is 1. The highest BCUT2D eigenvalue weighted by atomic mass is 16.3. The Labute approximate surface area is 105 Å². The third-order valence-corrected chi connectivity index (χ3v) is 5.69. The molecule has 0 aromatic heterocycles. The van der Waals surface area contributed by atoms with Gasteiger partial charge in [0.1, 0.15) is 0 Å². The standard InChI is InChI=1S/C14H26N2O/c1-15-14(10-17)6-5-13(7-14)16-8-11-3-2-4-12(11)9-16/h11-13,15,17H,2-10H2,1H3.